The zero-order valence-corrected chi connectivity index (χ0v) is 28.9. The molecule has 0 amide bonds. The molecule has 3 aliphatic carbocycles. The van der Waals surface area contributed by atoms with Crippen LogP contribution in [-0.4, -0.2) is 80.1 Å². The number of hydrogen-bond donors (Lipinski definition) is 2. The van der Waals surface area contributed by atoms with Crippen LogP contribution in [0.3, 0.4) is 0 Å². The number of methoxy groups -OCH3 is 1. The van der Waals surface area contributed by atoms with Crippen LogP contribution in [0.5, 0.6) is 0 Å². The zero-order valence-electron chi connectivity index (χ0n) is 27.9. The summed E-state index contributed by atoms with van der Waals surface area (Å²) in [6.45, 7) is 16.5. The lowest BCUT2D eigenvalue weighted by Crippen LogP contribution is -2.77. The molecule has 1 aromatic carbocycles. The quantitative estimate of drug-likeness (QED) is 0.222. The van der Waals surface area contributed by atoms with Gasteiger partial charge in [-0.25, -0.2) is 4.79 Å². The largest absolute Gasteiger partial charge is 0.455 e. The van der Waals surface area contributed by atoms with Crippen molar-refractivity contribution in [2.75, 3.05) is 13.7 Å². The minimum absolute atomic E-state index is 0.186. The van der Waals surface area contributed by atoms with Gasteiger partial charge in [-0.2, -0.15) is 0 Å². The number of Topliss-reactive ketones (excluding diaryl/α,β-unsaturated/α-hetero) is 1. The van der Waals surface area contributed by atoms with Gasteiger partial charge in [0.15, 0.2) is 14.1 Å². The molecule has 1 unspecified atom stereocenters. The van der Waals surface area contributed by atoms with Gasteiger partial charge in [0, 0.05) is 36.7 Å². The molecule has 2 saturated carbocycles. The van der Waals surface area contributed by atoms with Crippen LogP contribution in [0, 0.1) is 22.2 Å². The Labute approximate surface area is 263 Å². The molecule has 44 heavy (non-hydrogen) atoms. The third kappa shape index (κ3) is 4.55. The Balaban J connectivity index is 1.79. The number of benzene rings is 1. The lowest BCUT2D eigenvalue weighted by molar-refractivity contribution is -0.313. The number of carbonyl (C=O) groups excluding carboxylic acids is 2. The van der Waals surface area contributed by atoms with Crippen LogP contribution in [0.2, 0.25) is 18.1 Å². The van der Waals surface area contributed by atoms with E-state index in [2.05, 4.69) is 20.8 Å². The molecule has 0 spiro atoms. The Kier molecular flexibility index (Phi) is 8.69. The summed E-state index contributed by atoms with van der Waals surface area (Å²) in [6, 6.07) is 11.5. The Bertz CT molecular complexity index is 1300. The highest BCUT2D eigenvalue weighted by Crippen LogP contribution is 2.66. The van der Waals surface area contributed by atoms with Crippen LogP contribution < -0.4 is 0 Å². The van der Waals surface area contributed by atoms with E-state index < -0.39 is 66.5 Å². The SMILES string of the molecule is CC[Si](CC)(CC)O[C@H]1C[C@@]2(O)[C@@H](OC(=O)c3ccccc3)C3[C@]4(C)CO[C@@H]4C[C@H](O)[C@@]3(C)C(=O)[C@H](OC)C(=C1C)C2(C)C. The fourth-order valence-electron chi connectivity index (χ4n) is 9.27. The van der Waals surface area contributed by atoms with Gasteiger partial charge in [-0.05, 0) is 55.3 Å². The first-order valence-corrected chi connectivity index (χ1v) is 18.9. The monoisotopic (exact) mass is 628 g/mol. The molecule has 8 nitrogen and oxygen atoms in total. The Morgan fingerprint density at radius 2 is 1.68 bits per heavy atom. The molecule has 2 N–H and O–H groups in total. The van der Waals surface area contributed by atoms with Crippen molar-refractivity contribution >= 4 is 20.1 Å². The molecule has 244 valence electrons. The van der Waals surface area contributed by atoms with Crippen LogP contribution >= 0.6 is 0 Å². The molecular weight excluding hydrogens is 576 g/mol. The topological polar surface area (TPSA) is 112 Å². The van der Waals surface area contributed by atoms with Crippen LogP contribution in [0.15, 0.2) is 41.5 Å². The molecule has 1 heterocycles. The van der Waals surface area contributed by atoms with Gasteiger partial charge >= 0.3 is 5.97 Å². The van der Waals surface area contributed by atoms with Crippen LogP contribution in [0.25, 0.3) is 0 Å². The molecule has 1 saturated heterocycles. The predicted molar refractivity (Wildman–Crippen MR) is 170 cm³/mol. The summed E-state index contributed by atoms with van der Waals surface area (Å²) in [7, 11) is -0.667. The van der Waals surface area contributed by atoms with E-state index in [9.17, 15) is 19.8 Å². The van der Waals surface area contributed by atoms with E-state index >= 15 is 0 Å². The maximum absolute atomic E-state index is 15.0. The van der Waals surface area contributed by atoms with Gasteiger partial charge < -0.3 is 28.8 Å². The number of carbonyl (C=O) groups is 2. The second-order valence-corrected chi connectivity index (χ2v) is 19.4. The van der Waals surface area contributed by atoms with E-state index in [-0.39, 0.29) is 24.7 Å². The lowest BCUT2D eigenvalue weighted by atomic mass is 9.42. The Hall–Kier alpha value is -1.88. The fourth-order valence-corrected chi connectivity index (χ4v) is 12.1. The highest BCUT2D eigenvalue weighted by molar-refractivity contribution is 6.73. The fraction of sp³-hybridized carbons (Fsp3) is 0.714. The number of aliphatic hydroxyl groups excluding tert-OH is 1. The van der Waals surface area contributed by atoms with Gasteiger partial charge in [0.2, 0.25) is 0 Å². The van der Waals surface area contributed by atoms with Crippen molar-refractivity contribution in [3.05, 3.63) is 47.0 Å². The number of ether oxygens (including phenoxy) is 3. The van der Waals surface area contributed by atoms with E-state index in [1.807, 2.05) is 33.8 Å². The zero-order chi connectivity index (χ0) is 32.5. The van der Waals surface area contributed by atoms with Crippen molar-refractivity contribution in [1.82, 2.24) is 0 Å². The van der Waals surface area contributed by atoms with Gasteiger partial charge in [0.05, 0.1) is 35.9 Å². The molecule has 0 radical (unpaired) electrons. The second-order valence-electron chi connectivity index (χ2n) is 14.7. The van der Waals surface area contributed by atoms with Crippen LogP contribution in [0.4, 0.5) is 0 Å². The molecule has 1 aliphatic heterocycles. The molecule has 9 atom stereocenters. The molecule has 4 aliphatic rings. The normalized spacial score (nSPS) is 39.8. The number of fused-ring (bicyclic) bond motifs is 5. The average molecular weight is 629 g/mol. The summed E-state index contributed by atoms with van der Waals surface area (Å²) < 4.78 is 25.7. The minimum atomic E-state index is -2.19. The summed E-state index contributed by atoms with van der Waals surface area (Å²) in [5, 5.41) is 25.2. The van der Waals surface area contributed by atoms with Gasteiger partial charge in [-0.1, -0.05) is 59.7 Å². The standard InChI is InChI=1S/C35H52O8Si/c1-10-44(11-2,12-3)43-23-19-35(39)30(42-31(38)22-16-14-13-15-17-22)28-33(7)20-41-25(33)18-24(36)34(28,8)29(37)27(40-9)26(21(23)4)32(35,5)6/h13-17,23-25,27-28,30,36,39H,10-12,18-20H2,1-9H3/t23-,24-,25+,27+,28?,30-,33+,34+,35+/m0/s1. The maximum Gasteiger partial charge on any atom is 0.338 e. The Morgan fingerprint density at radius 1 is 1.07 bits per heavy atom. The average Bonchev–Trinajstić information content (AvgIpc) is 3.01. The molecule has 0 aromatic heterocycles. The molecule has 2 bridgehead atoms. The molecule has 1 aromatic rings. The van der Waals surface area contributed by atoms with E-state index in [0.717, 1.165) is 23.7 Å². The van der Waals surface area contributed by atoms with Gasteiger partial charge in [0.25, 0.3) is 0 Å². The minimum Gasteiger partial charge on any atom is -0.455 e. The van der Waals surface area contributed by atoms with Gasteiger partial charge in [-0.15, -0.1) is 0 Å². The van der Waals surface area contributed by atoms with E-state index in [0.29, 0.717) is 17.7 Å². The number of esters is 1. The number of ketones is 1. The van der Waals surface area contributed by atoms with Crippen molar-refractivity contribution in [2.24, 2.45) is 22.2 Å². The van der Waals surface area contributed by atoms with Crippen molar-refractivity contribution in [3.8, 4) is 0 Å². The van der Waals surface area contributed by atoms with E-state index in [1.165, 1.54) is 7.11 Å². The summed E-state index contributed by atoms with van der Waals surface area (Å²) in [5.74, 6) is -1.60. The van der Waals surface area contributed by atoms with Gasteiger partial charge in [0.1, 0.15) is 17.8 Å². The molecular formula is C35H52O8Si. The van der Waals surface area contributed by atoms with Crippen molar-refractivity contribution in [1.29, 1.82) is 0 Å². The molecule has 9 heteroatoms. The second kappa shape index (κ2) is 11.4. The first kappa shape index (κ1) is 33.5. The highest BCUT2D eigenvalue weighted by Gasteiger charge is 2.75. The predicted octanol–water partition coefficient (Wildman–Crippen LogP) is 5.47. The third-order valence-electron chi connectivity index (χ3n) is 12.6. The summed E-state index contributed by atoms with van der Waals surface area (Å²) >= 11 is 0. The van der Waals surface area contributed by atoms with E-state index in [4.69, 9.17) is 18.6 Å². The van der Waals surface area contributed by atoms with Crippen molar-refractivity contribution < 1.29 is 38.4 Å². The number of aliphatic hydroxyl groups is 2. The van der Waals surface area contributed by atoms with Crippen molar-refractivity contribution in [2.45, 2.75) is 122 Å². The smallest absolute Gasteiger partial charge is 0.338 e. The Morgan fingerprint density at radius 3 is 2.20 bits per heavy atom. The summed E-state index contributed by atoms with van der Waals surface area (Å²) in [4.78, 5) is 28.9. The summed E-state index contributed by atoms with van der Waals surface area (Å²) in [5.41, 5.74) is -2.88. The van der Waals surface area contributed by atoms with E-state index in [1.54, 1.807) is 31.2 Å². The maximum atomic E-state index is 15.0. The first-order valence-electron chi connectivity index (χ1n) is 16.4. The third-order valence-corrected chi connectivity index (χ3v) is 17.2. The summed E-state index contributed by atoms with van der Waals surface area (Å²) in [6.07, 6.45) is -3.64. The first-order chi connectivity index (χ1) is 20.6. The number of hydrogen-bond acceptors (Lipinski definition) is 8. The van der Waals surface area contributed by atoms with Crippen molar-refractivity contribution in [3.63, 3.8) is 0 Å². The van der Waals surface area contributed by atoms with Crippen LogP contribution in [0.1, 0.15) is 78.6 Å². The lowest BCUT2D eigenvalue weighted by Gasteiger charge is -2.68. The molecule has 3 fully saturated rings. The molecule has 5 rings (SSSR count). The van der Waals surface area contributed by atoms with Crippen LogP contribution in [-0.2, 0) is 23.4 Å². The highest BCUT2D eigenvalue weighted by atomic mass is 28.4. The number of rotatable bonds is 8. The van der Waals surface area contributed by atoms with Gasteiger partial charge in [-0.3, -0.25) is 4.79 Å².